The Balaban J connectivity index is 2.33. The summed E-state index contributed by atoms with van der Waals surface area (Å²) in [5.74, 6) is 0.00646. The SMILES string of the molecule is CCCC1(O)c2ccccc2C(=O)c2ccccc21. The maximum atomic E-state index is 12.5. The highest BCUT2D eigenvalue weighted by molar-refractivity contribution is 6.13. The molecule has 1 aliphatic rings. The van der Waals surface area contributed by atoms with Crippen molar-refractivity contribution < 1.29 is 9.90 Å². The molecule has 2 aromatic rings. The van der Waals surface area contributed by atoms with E-state index >= 15 is 0 Å². The van der Waals surface area contributed by atoms with Crippen molar-refractivity contribution in [1.29, 1.82) is 0 Å². The molecule has 0 spiro atoms. The Hall–Kier alpha value is -1.93. The van der Waals surface area contributed by atoms with E-state index in [1.807, 2.05) is 43.3 Å². The third-order valence-corrected chi connectivity index (χ3v) is 3.85. The number of hydrogen-bond donors (Lipinski definition) is 1. The lowest BCUT2D eigenvalue weighted by molar-refractivity contribution is 0.0631. The summed E-state index contributed by atoms with van der Waals surface area (Å²) in [6.07, 6.45) is 1.47. The number of fused-ring (bicyclic) bond motifs is 2. The van der Waals surface area contributed by atoms with Crippen LogP contribution >= 0.6 is 0 Å². The van der Waals surface area contributed by atoms with Crippen LogP contribution in [0.5, 0.6) is 0 Å². The third kappa shape index (κ3) is 1.64. The van der Waals surface area contributed by atoms with E-state index in [1.165, 1.54) is 0 Å². The summed E-state index contributed by atoms with van der Waals surface area (Å²) >= 11 is 0. The topological polar surface area (TPSA) is 37.3 Å². The highest BCUT2D eigenvalue weighted by atomic mass is 16.3. The zero-order chi connectivity index (χ0) is 13.5. The molecule has 0 amide bonds. The summed E-state index contributed by atoms with van der Waals surface area (Å²) in [5.41, 5.74) is 1.67. The molecular formula is C17H16O2. The molecule has 0 radical (unpaired) electrons. The predicted molar refractivity (Wildman–Crippen MR) is 74.2 cm³/mol. The predicted octanol–water partition coefficient (Wildman–Crippen LogP) is 3.27. The second-order valence-electron chi connectivity index (χ2n) is 5.03. The molecule has 1 aliphatic carbocycles. The van der Waals surface area contributed by atoms with Crippen LogP contribution in [0.3, 0.4) is 0 Å². The zero-order valence-corrected chi connectivity index (χ0v) is 10.9. The minimum atomic E-state index is -1.05. The van der Waals surface area contributed by atoms with Gasteiger partial charge in [-0.3, -0.25) is 4.79 Å². The molecule has 0 atom stereocenters. The van der Waals surface area contributed by atoms with Gasteiger partial charge in [-0.25, -0.2) is 0 Å². The highest BCUT2D eigenvalue weighted by Crippen LogP contribution is 2.42. The summed E-state index contributed by atoms with van der Waals surface area (Å²) in [4.78, 5) is 12.5. The van der Waals surface area contributed by atoms with Gasteiger partial charge in [-0.2, -0.15) is 0 Å². The van der Waals surface area contributed by atoms with Crippen molar-refractivity contribution in [3.63, 3.8) is 0 Å². The summed E-state index contributed by atoms with van der Waals surface area (Å²) in [7, 11) is 0. The fourth-order valence-electron chi connectivity index (χ4n) is 3.00. The average Bonchev–Trinajstić information content (AvgIpc) is 2.46. The lowest BCUT2D eigenvalue weighted by Gasteiger charge is -2.35. The number of carbonyl (C=O) groups excluding carboxylic acids is 1. The van der Waals surface area contributed by atoms with Gasteiger partial charge in [-0.15, -0.1) is 0 Å². The van der Waals surface area contributed by atoms with E-state index in [0.717, 1.165) is 17.5 Å². The Morgan fingerprint density at radius 3 is 1.89 bits per heavy atom. The standard InChI is InChI=1S/C17H16O2/c1-2-11-17(19)14-9-5-3-7-12(14)16(18)13-8-4-6-10-15(13)17/h3-10,19H,2,11H2,1H3. The third-order valence-electron chi connectivity index (χ3n) is 3.85. The van der Waals surface area contributed by atoms with Gasteiger partial charge >= 0.3 is 0 Å². The quantitative estimate of drug-likeness (QED) is 0.890. The van der Waals surface area contributed by atoms with Crippen LogP contribution in [0.25, 0.3) is 0 Å². The highest BCUT2D eigenvalue weighted by Gasteiger charge is 2.40. The molecule has 0 bridgehead atoms. The molecule has 3 rings (SSSR count). The summed E-state index contributed by atoms with van der Waals surface area (Å²) in [6, 6.07) is 14.8. The Kier molecular flexibility index (Phi) is 2.76. The maximum Gasteiger partial charge on any atom is 0.193 e. The van der Waals surface area contributed by atoms with E-state index in [1.54, 1.807) is 12.1 Å². The first-order valence-corrected chi connectivity index (χ1v) is 6.64. The van der Waals surface area contributed by atoms with Gasteiger partial charge in [-0.05, 0) is 17.5 Å². The molecule has 0 unspecified atom stereocenters. The maximum absolute atomic E-state index is 12.5. The van der Waals surface area contributed by atoms with Gasteiger partial charge in [0, 0.05) is 11.1 Å². The van der Waals surface area contributed by atoms with Crippen LogP contribution in [0.2, 0.25) is 0 Å². The van der Waals surface area contributed by atoms with Crippen molar-refractivity contribution in [2.45, 2.75) is 25.4 Å². The van der Waals surface area contributed by atoms with Crippen molar-refractivity contribution in [3.05, 3.63) is 70.8 Å². The molecule has 0 saturated heterocycles. The second kappa shape index (κ2) is 4.32. The van der Waals surface area contributed by atoms with Crippen LogP contribution in [-0.4, -0.2) is 10.9 Å². The Morgan fingerprint density at radius 2 is 1.42 bits per heavy atom. The molecular weight excluding hydrogens is 236 g/mol. The normalized spacial score (nSPS) is 15.8. The lowest BCUT2D eigenvalue weighted by atomic mass is 9.72. The first kappa shape index (κ1) is 12.1. The summed E-state index contributed by atoms with van der Waals surface area (Å²) in [6.45, 7) is 2.04. The zero-order valence-electron chi connectivity index (χ0n) is 10.9. The first-order chi connectivity index (χ1) is 9.18. The van der Waals surface area contributed by atoms with Crippen LogP contribution in [0, 0.1) is 0 Å². The van der Waals surface area contributed by atoms with Crippen LogP contribution in [0.15, 0.2) is 48.5 Å². The van der Waals surface area contributed by atoms with Crippen molar-refractivity contribution in [1.82, 2.24) is 0 Å². The Labute approximate surface area is 112 Å². The van der Waals surface area contributed by atoms with Crippen LogP contribution in [-0.2, 0) is 5.60 Å². The van der Waals surface area contributed by atoms with E-state index in [9.17, 15) is 9.90 Å². The molecule has 0 aromatic heterocycles. The van der Waals surface area contributed by atoms with Gasteiger partial charge in [0.05, 0.1) is 0 Å². The van der Waals surface area contributed by atoms with Crippen molar-refractivity contribution in [2.24, 2.45) is 0 Å². The minimum absolute atomic E-state index is 0.00646. The molecule has 0 heterocycles. The Morgan fingerprint density at radius 1 is 0.947 bits per heavy atom. The fourth-order valence-corrected chi connectivity index (χ4v) is 3.00. The van der Waals surface area contributed by atoms with Crippen molar-refractivity contribution in [3.8, 4) is 0 Å². The number of rotatable bonds is 2. The molecule has 96 valence electrons. The molecule has 0 fully saturated rings. The van der Waals surface area contributed by atoms with Crippen molar-refractivity contribution >= 4 is 5.78 Å². The van der Waals surface area contributed by atoms with Gasteiger partial charge in [0.15, 0.2) is 5.78 Å². The van der Waals surface area contributed by atoms with Gasteiger partial charge in [0.2, 0.25) is 0 Å². The van der Waals surface area contributed by atoms with E-state index in [0.29, 0.717) is 17.5 Å². The molecule has 2 heteroatoms. The summed E-state index contributed by atoms with van der Waals surface area (Å²) in [5, 5.41) is 11.1. The largest absolute Gasteiger partial charge is 0.380 e. The van der Waals surface area contributed by atoms with Gasteiger partial charge in [0.1, 0.15) is 5.60 Å². The molecule has 19 heavy (non-hydrogen) atoms. The number of ketones is 1. The Bertz CT molecular complexity index is 594. The monoisotopic (exact) mass is 252 g/mol. The molecule has 0 aliphatic heterocycles. The van der Waals surface area contributed by atoms with Gasteiger partial charge < -0.3 is 5.11 Å². The van der Waals surface area contributed by atoms with E-state index < -0.39 is 5.60 Å². The van der Waals surface area contributed by atoms with Crippen LogP contribution < -0.4 is 0 Å². The van der Waals surface area contributed by atoms with Crippen LogP contribution in [0.1, 0.15) is 46.8 Å². The number of hydrogen-bond acceptors (Lipinski definition) is 2. The smallest absolute Gasteiger partial charge is 0.193 e. The summed E-state index contributed by atoms with van der Waals surface area (Å²) < 4.78 is 0. The van der Waals surface area contributed by atoms with Crippen molar-refractivity contribution in [2.75, 3.05) is 0 Å². The molecule has 0 saturated carbocycles. The molecule has 2 aromatic carbocycles. The number of carbonyl (C=O) groups is 1. The number of benzene rings is 2. The van der Waals surface area contributed by atoms with E-state index in [2.05, 4.69) is 0 Å². The lowest BCUT2D eigenvalue weighted by Crippen LogP contribution is -2.35. The minimum Gasteiger partial charge on any atom is -0.380 e. The first-order valence-electron chi connectivity index (χ1n) is 6.64. The average molecular weight is 252 g/mol. The van der Waals surface area contributed by atoms with E-state index in [-0.39, 0.29) is 5.78 Å². The molecule has 2 nitrogen and oxygen atoms in total. The van der Waals surface area contributed by atoms with Crippen LogP contribution in [0.4, 0.5) is 0 Å². The second-order valence-corrected chi connectivity index (χ2v) is 5.03. The molecule has 1 N–H and O–H groups in total. The van der Waals surface area contributed by atoms with E-state index in [4.69, 9.17) is 0 Å². The van der Waals surface area contributed by atoms with Gasteiger partial charge in [0.25, 0.3) is 0 Å². The van der Waals surface area contributed by atoms with Gasteiger partial charge in [-0.1, -0.05) is 61.9 Å². The fraction of sp³-hybridized carbons (Fsp3) is 0.235. The number of aliphatic hydroxyl groups is 1.